The molecule has 1 rings (SSSR count). The van der Waals surface area contributed by atoms with Gasteiger partial charge in [0.25, 0.3) is 0 Å². The fourth-order valence-corrected chi connectivity index (χ4v) is 1.96. The highest BCUT2D eigenvalue weighted by atomic mass is 32.1. The Kier molecular flexibility index (Phi) is 4.74. The minimum Gasteiger partial charge on any atom is -0.392 e. The molecule has 6 nitrogen and oxygen atoms in total. The second-order valence-corrected chi connectivity index (χ2v) is 5.48. The van der Waals surface area contributed by atoms with Gasteiger partial charge in [-0.3, -0.25) is 9.59 Å². The van der Waals surface area contributed by atoms with Crippen molar-refractivity contribution >= 4 is 40.4 Å². The maximum Gasteiger partial charge on any atom is 0.310 e. The van der Waals surface area contributed by atoms with Crippen LogP contribution in [0.5, 0.6) is 0 Å². The summed E-state index contributed by atoms with van der Waals surface area (Å²) in [5.74, 6) is -1.51. The zero-order valence-electron chi connectivity index (χ0n) is 10.0. The molecule has 0 aliphatic rings. The van der Waals surface area contributed by atoms with E-state index in [9.17, 15) is 9.59 Å². The molecule has 0 atom stereocenters. The second kappa shape index (κ2) is 5.87. The number of thiazole rings is 1. The number of carbonyl (C=O) groups is 2. The number of hydrogen-bond acceptors (Lipinski definition) is 5. The van der Waals surface area contributed by atoms with Crippen LogP contribution in [-0.4, -0.2) is 28.3 Å². The fraction of sp³-hybridized carbons (Fsp3) is 0.400. The minimum atomic E-state index is -0.771. The molecule has 0 radical (unpaired) electrons. The van der Waals surface area contributed by atoms with Crippen LogP contribution < -0.4 is 16.4 Å². The average Bonchev–Trinajstić information content (AvgIpc) is 2.79. The average molecular weight is 286 g/mol. The molecule has 8 heteroatoms. The van der Waals surface area contributed by atoms with Crippen molar-refractivity contribution in [2.24, 2.45) is 5.73 Å². The minimum absolute atomic E-state index is 0.000727. The van der Waals surface area contributed by atoms with E-state index in [2.05, 4.69) is 27.8 Å². The summed E-state index contributed by atoms with van der Waals surface area (Å²) in [5, 5.41) is 7.43. The third-order valence-corrected chi connectivity index (χ3v) is 3.26. The Morgan fingerprint density at radius 3 is 2.67 bits per heavy atom. The monoisotopic (exact) mass is 286 g/mol. The molecule has 1 aromatic heterocycles. The summed E-state index contributed by atoms with van der Waals surface area (Å²) < 4.78 is 0. The van der Waals surface area contributed by atoms with Crippen molar-refractivity contribution in [2.45, 2.75) is 19.4 Å². The summed E-state index contributed by atoms with van der Waals surface area (Å²) in [5.41, 5.74) is 4.52. The SMILES string of the molecule is CC(C)(NC(=O)C(=O)NCC(N)=S)c1nccs1. The lowest BCUT2D eigenvalue weighted by Gasteiger charge is -2.23. The van der Waals surface area contributed by atoms with E-state index in [-0.39, 0.29) is 11.5 Å². The van der Waals surface area contributed by atoms with Crippen molar-refractivity contribution in [2.75, 3.05) is 6.54 Å². The summed E-state index contributed by atoms with van der Waals surface area (Å²) >= 11 is 6.00. The first-order chi connectivity index (χ1) is 8.33. The number of nitrogens with one attached hydrogen (secondary N) is 2. The summed E-state index contributed by atoms with van der Waals surface area (Å²) in [4.78, 5) is 27.3. The molecular weight excluding hydrogens is 272 g/mol. The summed E-state index contributed by atoms with van der Waals surface area (Å²) in [6, 6.07) is 0. The molecule has 4 N–H and O–H groups in total. The van der Waals surface area contributed by atoms with E-state index < -0.39 is 17.4 Å². The molecule has 18 heavy (non-hydrogen) atoms. The molecule has 2 amide bonds. The van der Waals surface area contributed by atoms with Gasteiger partial charge in [-0.15, -0.1) is 11.3 Å². The Hall–Kier alpha value is -1.54. The second-order valence-electron chi connectivity index (χ2n) is 4.07. The van der Waals surface area contributed by atoms with Crippen LogP contribution in [0.4, 0.5) is 0 Å². The number of hydrogen-bond donors (Lipinski definition) is 3. The number of amides is 2. The van der Waals surface area contributed by atoms with Crippen molar-refractivity contribution < 1.29 is 9.59 Å². The lowest BCUT2D eigenvalue weighted by Crippen LogP contribution is -2.49. The number of nitrogens with two attached hydrogens (primary N) is 1. The van der Waals surface area contributed by atoms with Gasteiger partial charge in [-0.05, 0) is 13.8 Å². The summed E-state index contributed by atoms with van der Waals surface area (Å²) in [7, 11) is 0. The lowest BCUT2D eigenvalue weighted by molar-refractivity contribution is -0.140. The summed E-state index contributed by atoms with van der Waals surface area (Å²) in [6.45, 7) is 3.54. The van der Waals surface area contributed by atoms with Gasteiger partial charge in [0.1, 0.15) is 5.01 Å². The Bertz CT molecular complexity index is 456. The van der Waals surface area contributed by atoms with Gasteiger partial charge in [0.2, 0.25) is 0 Å². The van der Waals surface area contributed by atoms with E-state index in [1.54, 1.807) is 25.4 Å². The van der Waals surface area contributed by atoms with Gasteiger partial charge >= 0.3 is 11.8 Å². The van der Waals surface area contributed by atoms with Crippen molar-refractivity contribution in [1.82, 2.24) is 15.6 Å². The van der Waals surface area contributed by atoms with E-state index in [1.807, 2.05) is 0 Å². The first-order valence-corrected chi connectivity index (χ1v) is 6.40. The van der Waals surface area contributed by atoms with Crippen LogP contribution in [0.15, 0.2) is 11.6 Å². The van der Waals surface area contributed by atoms with Crippen LogP contribution in [0.25, 0.3) is 0 Å². The van der Waals surface area contributed by atoms with Crippen LogP contribution in [-0.2, 0) is 15.1 Å². The van der Waals surface area contributed by atoms with Gasteiger partial charge in [-0.25, -0.2) is 4.98 Å². The third kappa shape index (κ3) is 4.04. The van der Waals surface area contributed by atoms with Crippen LogP contribution in [0, 0.1) is 0 Å². The van der Waals surface area contributed by atoms with Crippen molar-refractivity contribution in [1.29, 1.82) is 0 Å². The van der Waals surface area contributed by atoms with Crippen molar-refractivity contribution in [3.05, 3.63) is 16.6 Å². The number of aromatic nitrogens is 1. The number of carbonyl (C=O) groups excluding carboxylic acids is 2. The van der Waals surface area contributed by atoms with E-state index >= 15 is 0 Å². The van der Waals surface area contributed by atoms with Gasteiger partial charge in [0.15, 0.2) is 0 Å². The molecule has 1 heterocycles. The molecular formula is C10H14N4O2S2. The molecule has 0 aromatic carbocycles. The van der Waals surface area contributed by atoms with Crippen LogP contribution in [0.1, 0.15) is 18.9 Å². The fourth-order valence-electron chi connectivity index (χ4n) is 1.17. The third-order valence-electron chi connectivity index (χ3n) is 2.02. The maximum atomic E-state index is 11.6. The smallest absolute Gasteiger partial charge is 0.310 e. The first kappa shape index (κ1) is 14.5. The normalized spacial score (nSPS) is 10.8. The first-order valence-electron chi connectivity index (χ1n) is 5.11. The highest BCUT2D eigenvalue weighted by Gasteiger charge is 2.28. The van der Waals surface area contributed by atoms with Crippen LogP contribution >= 0.6 is 23.6 Å². The Balaban J connectivity index is 2.59. The zero-order chi connectivity index (χ0) is 13.8. The van der Waals surface area contributed by atoms with Crippen LogP contribution in [0.2, 0.25) is 0 Å². The molecule has 0 fully saturated rings. The van der Waals surface area contributed by atoms with Crippen LogP contribution in [0.3, 0.4) is 0 Å². The predicted octanol–water partition coefficient (Wildman–Crippen LogP) is -0.103. The topological polar surface area (TPSA) is 97.1 Å². The molecule has 0 spiro atoms. The Morgan fingerprint density at radius 2 is 2.17 bits per heavy atom. The number of rotatable bonds is 4. The lowest BCUT2D eigenvalue weighted by atomic mass is 10.1. The van der Waals surface area contributed by atoms with E-state index in [0.717, 1.165) is 5.01 Å². The van der Waals surface area contributed by atoms with Gasteiger partial charge in [0, 0.05) is 11.6 Å². The van der Waals surface area contributed by atoms with E-state index in [0.29, 0.717) is 0 Å². The molecule has 98 valence electrons. The molecule has 0 aliphatic heterocycles. The standard InChI is InChI=1S/C10H14N4O2S2/c1-10(2,9-12-3-4-18-9)14-8(16)7(15)13-5-6(11)17/h3-4H,5H2,1-2H3,(H2,11,17)(H,13,15)(H,14,16). The highest BCUT2D eigenvalue weighted by Crippen LogP contribution is 2.21. The summed E-state index contributed by atoms with van der Waals surface area (Å²) in [6.07, 6.45) is 1.64. The zero-order valence-corrected chi connectivity index (χ0v) is 11.7. The highest BCUT2D eigenvalue weighted by molar-refractivity contribution is 7.80. The maximum absolute atomic E-state index is 11.6. The van der Waals surface area contributed by atoms with Crippen molar-refractivity contribution in [3.8, 4) is 0 Å². The van der Waals surface area contributed by atoms with Gasteiger partial charge in [-0.1, -0.05) is 12.2 Å². The van der Waals surface area contributed by atoms with Gasteiger partial charge < -0.3 is 16.4 Å². The molecule has 1 aromatic rings. The molecule has 0 saturated carbocycles. The molecule has 0 bridgehead atoms. The van der Waals surface area contributed by atoms with Gasteiger partial charge in [0.05, 0.1) is 17.1 Å². The number of thiocarbonyl (C=S) groups is 1. The predicted molar refractivity (Wildman–Crippen MR) is 73.1 cm³/mol. The quantitative estimate of drug-likeness (QED) is 0.530. The largest absolute Gasteiger partial charge is 0.392 e. The molecule has 0 saturated heterocycles. The Morgan fingerprint density at radius 1 is 1.50 bits per heavy atom. The van der Waals surface area contributed by atoms with Crippen molar-refractivity contribution in [3.63, 3.8) is 0 Å². The van der Waals surface area contributed by atoms with E-state index in [1.165, 1.54) is 11.3 Å². The van der Waals surface area contributed by atoms with E-state index in [4.69, 9.17) is 5.73 Å². The number of nitrogens with zero attached hydrogens (tertiary/aromatic N) is 1. The van der Waals surface area contributed by atoms with Gasteiger partial charge in [-0.2, -0.15) is 0 Å². The molecule has 0 aliphatic carbocycles. The molecule has 0 unspecified atom stereocenters. The Labute approximate surface area is 114 Å².